The topological polar surface area (TPSA) is 48.6 Å². The quantitative estimate of drug-likeness (QED) is 0.930. The molecule has 1 unspecified atom stereocenters. The molecule has 5 heteroatoms. The van der Waals surface area contributed by atoms with Crippen molar-refractivity contribution in [2.24, 2.45) is 0 Å². The van der Waals surface area contributed by atoms with Crippen LogP contribution in [0.3, 0.4) is 0 Å². The second-order valence-electron chi connectivity index (χ2n) is 7.48. The Morgan fingerprint density at radius 1 is 1.12 bits per heavy atom. The molecule has 2 aliphatic heterocycles. The van der Waals surface area contributed by atoms with Crippen molar-refractivity contribution in [2.45, 2.75) is 51.3 Å². The highest BCUT2D eigenvalue weighted by Crippen LogP contribution is 2.29. The van der Waals surface area contributed by atoms with Crippen molar-refractivity contribution < 1.29 is 9.53 Å². The Morgan fingerprint density at radius 3 is 2.64 bits per heavy atom. The van der Waals surface area contributed by atoms with Gasteiger partial charge in [0.1, 0.15) is 11.9 Å². The van der Waals surface area contributed by atoms with E-state index in [9.17, 15) is 4.79 Å². The molecule has 0 saturated carbocycles. The average Bonchev–Trinajstić information content (AvgIpc) is 3.23. The van der Waals surface area contributed by atoms with E-state index in [1.54, 1.807) is 0 Å². The molecule has 4 rings (SSSR count). The lowest BCUT2D eigenvalue weighted by Gasteiger charge is -2.35. The number of hydrogen-bond acceptors (Lipinski definition) is 3. The third kappa shape index (κ3) is 3.13. The van der Waals surface area contributed by atoms with Crippen molar-refractivity contribution in [3.8, 4) is 5.75 Å². The highest BCUT2D eigenvalue weighted by molar-refractivity contribution is 5.85. The number of carbonyl (C=O) groups is 1. The number of piperidine rings is 1. The predicted molar refractivity (Wildman–Crippen MR) is 98.8 cm³/mol. The molecule has 5 nitrogen and oxygen atoms in total. The number of benzene rings is 1. The first-order valence-corrected chi connectivity index (χ1v) is 9.41. The number of rotatable bonds is 4. The summed E-state index contributed by atoms with van der Waals surface area (Å²) in [7, 11) is 0. The zero-order valence-electron chi connectivity index (χ0n) is 15.1. The Hall–Kier alpha value is -2.01. The van der Waals surface area contributed by atoms with Crippen LogP contribution in [0.1, 0.15) is 33.1 Å². The molecule has 0 radical (unpaired) electrons. The van der Waals surface area contributed by atoms with Crippen molar-refractivity contribution in [3.63, 3.8) is 0 Å². The Kier molecular flexibility index (Phi) is 4.42. The molecule has 1 aromatic carbocycles. The molecule has 1 atom stereocenters. The van der Waals surface area contributed by atoms with Crippen LogP contribution in [-0.2, 0) is 4.79 Å². The third-order valence-corrected chi connectivity index (χ3v) is 5.60. The summed E-state index contributed by atoms with van der Waals surface area (Å²) in [5.41, 5.74) is 1.11. The standard InChI is InChI=1S/C20H27N3O2/c1-14(2)23-13-9-18(20(23)24)22-11-7-15(8-12-22)25-19-5-3-4-17-16(19)6-10-21-17/h3-6,10,14-15,18,21H,7-9,11-13H2,1-2H3. The number of aromatic amines is 1. The Labute approximate surface area is 148 Å². The largest absolute Gasteiger partial charge is 0.490 e. The van der Waals surface area contributed by atoms with Gasteiger partial charge in [-0.25, -0.2) is 0 Å². The minimum absolute atomic E-state index is 0.0801. The van der Waals surface area contributed by atoms with Gasteiger partial charge in [-0.15, -0.1) is 0 Å². The molecule has 134 valence electrons. The van der Waals surface area contributed by atoms with E-state index in [1.165, 1.54) is 0 Å². The van der Waals surface area contributed by atoms with Crippen molar-refractivity contribution in [3.05, 3.63) is 30.5 Å². The molecule has 25 heavy (non-hydrogen) atoms. The van der Waals surface area contributed by atoms with Gasteiger partial charge in [-0.3, -0.25) is 9.69 Å². The summed E-state index contributed by atoms with van der Waals surface area (Å²) in [6, 6.07) is 8.59. The zero-order chi connectivity index (χ0) is 17.4. The number of carbonyl (C=O) groups excluding carboxylic acids is 1. The number of hydrogen-bond donors (Lipinski definition) is 1. The first-order valence-electron chi connectivity index (χ1n) is 9.41. The predicted octanol–water partition coefficient (Wildman–Crippen LogP) is 3.02. The van der Waals surface area contributed by atoms with Crippen LogP contribution in [0.4, 0.5) is 0 Å². The molecule has 0 spiro atoms. The number of amides is 1. The minimum Gasteiger partial charge on any atom is -0.490 e. The molecular weight excluding hydrogens is 314 g/mol. The van der Waals surface area contributed by atoms with Gasteiger partial charge in [-0.1, -0.05) is 6.07 Å². The van der Waals surface area contributed by atoms with Gasteiger partial charge in [-0.05, 0) is 51.3 Å². The van der Waals surface area contributed by atoms with Gasteiger partial charge in [0.2, 0.25) is 5.91 Å². The second-order valence-corrected chi connectivity index (χ2v) is 7.48. The van der Waals surface area contributed by atoms with E-state index in [2.05, 4.69) is 35.9 Å². The zero-order valence-corrected chi connectivity index (χ0v) is 15.1. The number of likely N-dealkylation sites (tertiary alicyclic amines) is 2. The fourth-order valence-corrected chi connectivity index (χ4v) is 4.18. The number of fused-ring (bicyclic) bond motifs is 1. The van der Waals surface area contributed by atoms with Gasteiger partial charge in [0, 0.05) is 42.8 Å². The summed E-state index contributed by atoms with van der Waals surface area (Å²) in [6.07, 6.45) is 5.10. The van der Waals surface area contributed by atoms with Crippen LogP contribution in [0.2, 0.25) is 0 Å². The van der Waals surface area contributed by atoms with Crippen LogP contribution in [0.15, 0.2) is 30.5 Å². The summed E-state index contributed by atoms with van der Waals surface area (Å²) >= 11 is 0. The van der Waals surface area contributed by atoms with Crippen LogP contribution >= 0.6 is 0 Å². The van der Waals surface area contributed by atoms with Crippen LogP contribution in [-0.4, -0.2) is 58.5 Å². The van der Waals surface area contributed by atoms with Gasteiger partial charge in [-0.2, -0.15) is 0 Å². The summed E-state index contributed by atoms with van der Waals surface area (Å²) in [4.78, 5) is 20.2. The van der Waals surface area contributed by atoms with Crippen LogP contribution < -0.4 is 4.74 Å². The van der Waals surface area contributed by atoms with Gasteiger partial charge >= 0.3 is 0 Å². The van der Waals surface area contributed by atoms with E-state index in [0.717, 1.165) is 55.5 Å². The van der Waals surface area contributed by atoms with E-state index in [-0.39, 0.29) is 12.1 Å². The highest BCUT2D eigenvalue weighted by Gasteiger charge is 2.38. The molecule has 3 heterocycles. The normalized spacial score (nSPS) is 23.1. The van der Waals surface area contributed by atoms with E-state index in [1.807, 2.05) is 23.2 Å². The third-order valence-electron chi connectivity index (χ3n) is 5.60. The summed E-state index contributed by atoms with van der Waals surface area (Å²) in [5.74, 6) is 1.27. The smallest absolute Gasteiger partial charge is 0.240 e. The molecular formula is C20H27N3O2. The summed E-state index contributed by atoms with van der Waals surface area (Å²) < 4.78 is 6.28. The molecule has 2 fully saturated rings. The van der Waals surface area contributed by atoms with E-state index in [0.29, 0.717) is 11.9 Å². The molecule has 0 bridgehead atoms. The molecule has 1 N–H and O–H groups in total. The molecule has 0 aliphatic carbocycles. The molecule has 2 saturated heterocycles. The number of H-pyrrole nitrogens is 1. The first-order chi connectivity index (χ1) is 12.1. The van der Waals surface area contributed by atoms with Crippen molar-refractivity contribution in [2.75, 3.05) is 19.6 Å². The van der Waals surface area contributed by atoms with Gasteiger partial charge in [0.25, 0.3) is 0 Å². The highest BCUT2D eigenvalue weighted by atomic mass is 16.5. The maximum absolute atomic E-state index is 12.6. The number of aromatic nitrogens is 1. The van der Waals surface area contributed by atoms with E-state index < -0.39 is 0 Å². The van der Waals surface area contributed by atoms with Gasteiger partial charge in [0.15, 0.2) is 0 Å². The Morgan fingerprint density at radius 2 is 1.92 bits per heavy atom. The van der Waals surface area contributed by atoms with Crippen molar-refractivity contribution in [1.82, 2.24) is 14.8 Å². The first kappa shape index (κ1) is 16.5. The molecule has 1 amide bonds. The lowest BCUT2D eigenvalue weighted by atomic mass is 10.0. The Bertz CT molecular complexity index is 746. The van der Waals surface area contributed by atoms with Gasteiger partial charge < -0.3 is 14.6 Å². The molecule has 2 aliphatic rings. The SMILES string of the molecule is CC(C)N1CCC(N2CCC(Oc3cccc4[nH]ccc34)CC2)C1=O. The summed E-state index contributed by atoms with van der Waals surface area (Å²) in [6.45, 7) is 6.98. The van der Waals surface area contributed by atoms with E-state index >= 15 is 0 Å². The fourth-order valence-electron chi connectivity index (χ4n) is 4.18. The fraction of sp³-hybridized carbons (Fsp3) is 0.550. The monoisotopic (exact) mass is 341 g/mol. The van der Waals surface area contributed by atoms with Crippen molar-refractivity contribution >= 4 is 16.8 Å². The average molecular weight is 341 g/mol. The van der Waals surface area contributed by atoms with Crippen LogP contribution in [0, 0.1) is 0 Å². The Balaban J connectivity index is 1.36. The molecule has 2 aromatic rings. The maximum atomic E-state index is 12.6. The van der Waals surface area contributed by atoms with Crippen molar-refractivity contribution in [1.29, 1.82) is 0 Å². The molecule has 1 aromatic heterocycles. The maximum Gasteiger partial charge on any atom is 0.240 e. The number of nitrogens with one attached hydrogen (secondary N) is 1. The van der Waals surface area contributed by atoms with Crippen LogP contribution in [0.5, 0.6) is 5.75 Å². The van der Waals surface area contributed by atoms with Crippen LogP contribution in [0.25, 0.3) is 10.9 Å². The number of ether oxygens (including phenoxy) is 1. The summed E-state index contributed by atoms with van der Waals surface area (Å²) in [5, 5.41) is 1.14. The van der Waals surface area contributed by atoms with Gasteiger partial charge in [0.05, 0.1) is 6.04 Å². The lowest BCUT2D eigenvalue weighted by molar-refractivity contribution is -0.134. The lowest BCUT2D eigenvalue weighted by Crippen LogP contribution is -2.48. The minimum atomic E-state index is 0.0801. The second kappa shape index (κ2) is 6.71. The van der Waals surface area contributed by atoms with E-state index in [4.69, 9.17) is 4.74 Å². The number of nitrogens with zero attached hydrogens (tertiary/aromatic N) is 2.